The van der Waals surface area contributed by atoms with Crippen LogP contribution in [-0.4, -0.2) is 40.1 Å². The lowest BCUT2D eigenvalue weighted by atomic mass is 9.89. The second kappa shape index (κ2) is 8.08. The Morgan fingerprint density at radius 2 is 1.81 bits per heavy atom. The van der Waals surface area contributed by atoms with Crippen LogP contribution in [0, 0.1) is 0 Å². The average Bonchev–Trinajstić information content (AvgIpc) is 3.09. The van der Waals surface area contributed by atoms with Gasteiger partial charge >= 0.3 is 6.03 Å². The van der Waals surface area contributed by atoms with Gasteiger partial charge in [0.2, 0.25) is 5.91 Å². The van der Waals surface area contributed by atoms with Gasteiger partial charge < -0.3 is 10.2 Å². The third-order valence-corrected chi connectivity index (χ3v) is 5.93. The Labute approximate surface area is 188 Å². The van der Waals surface area contributed by atoms with Crippen LogP contribution in [0.2, 0.25) is 5.02 Å². The van der Waals surface area contributed by atoms with Gasteiger partial charge in [0.1, 0.15) is 5.54 Å². The zero-order valence-corrected chi connectivity index (χ0v) is 17.8. The Balaban J connectivity index is 1.47. The monoisotopic (exact) mass is 454 g/mol. The van der Waals surface area contributed by atoms with E-state index in [-0.39, 0.29) is 36.4 Å². The maximum atomic E-state index is 13.0. The second-order valence-electron chi connectivity index (χ2n) is 7.83. The largest absolute Gasteiger partial charge is 0.326 e. The molecule has 1 atom stereocenters. The number of nitrogens with one attached hydrogen (secondary N) is 3. The molecule has 0 bridgehead atoms. The highest BCUT2D eigenvalue weighted by molar-refractivity contribution is 6.30. The van der Waals surface area contributed by atoms with E-state index < -0.39 is 29.3 Å². The van der Waals surface area contributed by atoms with E-state index in [1.54, 1.807) is 37.3 Å². The molecular weight excluding hydrogens is 436 g/mol. The van der Waals surface area contributed by atoms with Gasteiger partial charge in [-0.1, -0.05) is 17.7 Å². The summed E-state index contributed by atoms with van der Waals surface area (Å²) in [6.07, 6.45) is 0.356. The zero-order valence-electron chi connectivity index (χ0n) is 17.0. The topological polar surface area (TPSA) is 125 Å². The average molecular weight is 455 g/mol. The molecule has 2 aliphatic rings. The number of anilines is 1. The molecule has 0 aromatic heterocycles. The maximum absolute atomic E-state index is 13.0. The van der Waals surface area contributed by atoms with E-state index in [0.29, 0.717) is 16.3 Å². The molecule has 2 heterocycles. The quantitative estimate of drug-likeness (QED) is 0.614. The molecule has 2 aromatic rings. The normalized spacial score (nSPS) is 19.9. The minimum atomic E-state index is -1.16. The van der Waals surface area contributed by atoms with Gasteiger partial charge in [-0.3, -0.25) is 29.8 Å². The summed E-state index contributed by atoms with van der Waals surface area (Å²) in [5, 5.41) is 7.52. The molecule has 9 nitrogen and oxygen atoms in total. The summed E-state index contributed by atoms with van der Waals surface area (Å²) >= 11 is 5.80. The molecule has 2 aliphatic heterocycles. The van der Waals surface area contributed by atoms with Crippen molar-refractivity contribution in [3.63, 3.8) is 0 Å². The van der Waals surface area contributed by atoms with Crippen LogP contribution in [0.15, 0.2) is 42.5 Å². The number of carbonyl (C=O) groups excluding carboxylic acids is 5. The van der Waals surface area contributed by atoms with Crippen LogP contribution in [0.4, 0.5) is 10.5 Å². The molecular formula is C22H19ClN4O5. The van der Waals surface area contributed by atoms with Crippen LogP contribution in [0.3, 0.4) is 0 Å². The predicted octanol–water partition coefficient (Wildman–Crippen LogP) is 2.45. The Kier molecular flexibility index (Phi) is 5.43. The molecule has 0 radical (unpaired) electrons. The standard InChI is InChI=1S/C22H19ClN4O5/c1-22(9-8-17(28)25-20(22)31)27-11-13-3-2-12(10-16(13)19(27)30)18(29)26-21(32)24-15-6-4-14(23)5-7-15/h2-7,10H,8-9,11H2,1H3,(H,25,28,31)(H2,24,26,29,32). The molecule has 2 aromatic carbocycles. The highest BCUT2D eigenvalue weighted by atomic mass is 35.5. The van der Waals surface area contributed by atoms with Crippen LogP contribution < -0.4 is 16.0 Å². The van der Waals surface area contributed by atoms with Gasteiger partial charge in [0.05, 0.1) is 0 Å². The third-order valence-electron chi connectivity index (χ3n) is 5.68. The Hall–Kier alpha value is -3.72. The maximum Gasteiger partial charge on any atom is 0.326 e. The lowest BCUT2D eigenvalue weighted by Crippen LogP contribution is -2.61. The molecule has 0 spiro atoms. The molecule has 0 aliphatic carbocycles. The Morgan fingerprint density at radius 1 is 1.09 bits per heavy atom. The van der Waals surface area contributed by atoms with Crippen LogP contribution in [0.25, 0.3) is 0 Å². The summed E-state index contributed by atoms with van der Waals surface area (Å²) in [6, 6.07) is 10.2. The van der Waals surface area contributed by atoms with Gasteiger partial charge in [0.15, 0.2) is 0 Å². The van der Waals surface area contributed by atoms with Gasteiger partial charge in [-0.2, -0.15) is 0 Å². The van der Waals surface area contributed by atoms with Crippen molar-refractivity contribution in [3.8, 4) is 0 Å². The van der Waals surface area contributed by atoms with E-state index in [2.05, 4.69) is 16.0 Å². The SMILES string of the molecule is CC1(N2Cc3ccc(C(=O)NC(=O)Nc4ccc(Cl)cc4)cc3C2=O)CCC(=O)NC1=O. The lowest BCUT2D eigenvalue weighted by Gasteiger charge is -2.39. The molecule has 10 heteroatoms. The molecule has 6 amide bonds. The van der Waals surface area contributed by atoms with E-state index in [9.17, 15) is 24.0 Å². The first-order valence-corrected chi connectivity index (χ1v) is 10.2. The molecule has 1 unspecified atom stereocenters. The number of urea groups is 1. The number of halogens is 1. The minimum absolute atomic E-state index is 0.124. The molecule has 1 saturated heterocycles. The predicted molar refractivity (Wildman–Crippen MR) is 115 cm³/mol. The number of rotatable bonds is 3. The summed E-state index contributed by atoms with van der Waals surface area (Å²) in [5.74, 6) is -1.98. The zero-order chi connectivity index (χ0) is 23.0. The van der Waals surface area contributed by atoms with Crippen molar-refractivity contribution in [3.05, 3.63) is 64.2 Å². The third kappa shape index (κ3) is 3.94. The van der Waals surface area contributed by atoms with E-state index in [1.807, 2.05) is 0 Å². The van der Waals surface area contributed by atoms with E-state index in [0.717, 1.165) is 0 Å². The van der Waals surface area contributed by atoms with Crippen molar-refractivity contribution in [2.75, 3.05) is 5.32 Å². The minimum Gasteiger partial charge on any atom is -0.320 e. The Bertz CT molecular complexity index is 1160. The fraction of sp³-hybridized carbons (Fsp3) is 0.227. The number of imide groups is 2. The van der Waals surface area contributed by atoms with E-state index in [4.69, 9.17) is 11.6 Å². The highest BCUT2D eigenvalue weighted by Gasteiger charge is 2.48. The summed E-state index contributed by atoms with van der Waals surface area (Å²) in [6.45, 7) is 1.80. The van der Waals surface area contributed by atoms with Crippen molar-refractivity contribution in [2.24, 2.45) is 0 Å². The number of benzene rings is 2. The number of hydrogen-bond acceptors (Lipinski definition) is 5. The number of fused-ring (bicyclic) bond motifs is 1. The molecule has 164 valence electrons. The number of carbonyl (C=O) groups is 5. The van der Waals surface area contributed by atoms with Crippen molar-refractivity contribution < 1.29 is 24.0 Å². The van der Waals surface area contributed by atoms with E-state index in [1.165, 1.54) is 17.0 Å². The summed E-state index contributed by atoms with van der Waals surface area (Å²) in [7, 11) is 0. The molecule has 4 rings (SSSR count). The fourth-order valence-electron chi connectivity index (χ4n) is 3.76. The number of amides is 6. The summed E-state index contributed by atoms with van der Waals surface area (Å²) < 4.78 is 0. The second-order valence-corrected chi connectivity index (χ2v) is 8.27. The first kappa shape index (κ1) is 21.5. The van der Waals surface area contributed by atoms with Crippen molar-refractivity contribution in [1.82, 2.24) is 15.5 Å². The molecule has 0 saturated carbocycles. The van der Waals surface area contributed by atoms with Crippen molar-refractivity contribution >= 4 is 46.9 Å². The molecule has 3 N–H and O–H groups in total. The first-order chi connectivity index (χ1) is 15.2. The van der Waals surface area contributed by atoms with Gasteiger partial charge in [-0.25, -0.2) is 4.79 Å². The number of piperidine rings is 1. The van der Waals surface area contributed by atoms with Crippen molar-refractivity contribution in [1.29, 1.82) is 0 Å². The van der Waals surface area contributed by atoms with Gasteiger partial charge in [-0.15, -0.1) is 0 Å². The lowest BCUT2D eigenvalue weighted by molar-refractivity contribution is -0.142. The smallest absolute Gasteiger partial charge is 0.320 e. The summed E-state index contributed by atoms with van der Waals surface area (Å²) in [5.41, 5.74) is 0.352. The highest BCUT2D eigenvalue weighted by Crippen LogP contribution is 2.34. The summed E-state index contributed by atoms with van der Waals surface area (Å²) in [4.78, 5) is 63.0. The molecule has 1 fully saturated rings. The molecule has 32 heavy (non-hydrogen) atoms. The van der Waals surface area contributed by atoms with Gasteiger partial charge in [0.25, 0.3) is 17.7 Å². The van der Waals surface area contributed by atoms with Crippen LogP contribution in [0.5, 0.6) is 0 Å². The van der Waals surface area contributed by atoms with Gasteiger partial charge in [-0.05, 0) is 55.3 Å². The van der Waals surface area contributed by atoms with Crippen LogP contribution >= 0.6 is 11.6 Å². The first-order valence-electron chi connectivity index (χ1n) is 9.84. The Morgan fingerprint density at radius 3 is 2.50 bits per heavy atom. The van der Waals surface area contributed by atoms with Crippen LogP contribution in [0.1, 0.15) is 46.0 Å². The van der Waals surface area contributed by atoms with Gasteiger partial charge in [0, 0.05) is 34.8 Å². The number of hydrogen-bond donors (Lipinski definition) is 3. The number of nitrogens with zero attached hydrogens (tertiary/aromatic N) is 1. The van der Waals surface area contributed by atoms with Crippen molar-refractivity contribution in [2.45, 2.75) is 31.8 Å². The fourth-order valence-corrected chi connectivity index (χ4v) is 3.89. The van der Waals surface area contributed by atoms with Crippen LogP contribution in [-0.2, 0) is 16.1 Å². The van der Waals surface area contributed by atoms with E-state index >= 15 is 0 Å².